The standard InChI is InChI=1S/C22H17ClFNO/c23-18-10-8-16(9-11-18)21-20-7-2-1-4-15(20)12-13-25(21)22(26)17-5-3-6-19(24)14-17/h1-11,14,21H,12-13H2. The molecule has 0 saturated heterocycles. The van der Waals surface area contributed by atoms with Gasteiger partial charge in [0, 0.05) is 17.1 Å². The lowest BCUT2D eigenvalue weighted by atomic mass is 9.87. The van der Waals surface area contributed by atoms with Gasteiger partial charge >= 0.3 is 0 Å². The first-order chi connectivity index (χ1) is 12.6. The second-order valence-corrected chi connectivity index (χ2v) is 6.85. The van der Waals surface area contributed by atoms with Crippen molar-refractivity contribution in [2.75, 3.05) is 6.54 Å². The number of fused-ring (bicyclic) bond motifs is 1. The van der Waals surface area contributed by atoms with E-state index in [4.69, 9.17) is 11.6 Å². The Kier molecular flexibility index (Phi) is 4.48. The molecule has 0 bridgehead atoms. The molecule has 130 valence electrons. The van der Waals surface area contributed by atoms with E-state index in [0.29, 0.717) is 17.1 Å². The van der Waals surface area contributed by atoms with Gasteiger partial charge < -0.3 is 4.90 Å². The minimum Gasteiger partial charge on any atom is -0.327 e. The Morgan fingerprint density at radius 3 is 2.54 bits per heavy atom. The Bertz CT molecular complexity index is 954. The van der Waals surface area contributed by atoms with Crippen LogP contribution in [0.15, 0.2) is 72.8 Å². The average Bonchev–Trinajstić information content (AvgIpc) is 2.67. The van der Waals surface area contributed by atoms with Crippen LogP contribution in [-0.2, 0) is 6.42 Å². The number of carbonyl (C=O) groups excluding carboxylic acids is 1. The normalized spacial score (nSPS) is 16.2. The van der Waals surface area contributed by atoms with Crippen molar-refractivity contribution >= 4 is 17.5 Å². The van der Waals surface area contributed by atoms with Gasteiger partial charge in [-0.3, -0.25) is 4.79 Å². The highest BCUT2D eigenvalue weighted by Gasteiger charge is 2.32. The summed E-state index contributed by atoms with van der Waals surface area (Å²) in [5.74, 6) is -0.574. The predicted molar refractivity (Wildman–Crippen MR) is 101 cm³/mol. The first kappa shape index (κ1) is 16.8. The van der Waals surface area contributed by atoms with Gasteiger partial charge in [-0.25, -0.2) is 4.39 Å². The van der Waals surface area contributed by atoms with Gasteiger partial charge in [-0.15, -0.1) is 0 Å². The topological polar surface area (TPSA) is 20.3 Å². The zero-order valence-electron chi connectivity index (χ0n) is 14.0. The van der Waals surface area contributed by atoms with E-state index < -0.39 is 5.82 Å². The summed E-state index contributed by atoms with van der Waals surface area (Å²) in [6, 6.07) is 21.4. The minimum absolute atomic E-state index is 0.168. The monoisotopic (exact) mass is 365 g/mol. The van der Waals surface area contributed by atoms with Crippen molar-refractivity contribution in [2.24, 2.45) is 0 Å². The molecule has 1 unspecified atom stereocenters. The number of nitrogens with zero attached hydrogens (tertiary/aromatic N) is 1. The Balaban J connectivity index is 1.80. The van der Waals surface area contributed by atoms with E-state index in [2.05, 4.69) is 12.1 Å². The number of benzene rings is 3. The summed E-state index contributed by atoms with van der Waals surface area (Å²) in [6.07, 6.45) is 0.779. The number of hydrogen-bond donors (Lipinski definition) is 0. The molecule has 1 amide bonds. The van der Waals surface area contributed by atoms with Gasteiger partial charge in [0.15, 0.2) is 0 Å². The van der Waals surface area contributed by atoms with Crippen molar-refractivity contribution < 1.29 is 9.18 Å². The molecule has 26 heavy (non-hydrogen) atoms. The maximum absolute atomic E-state index is 13.6. The van der Waals surface area contributed by atoms with Crippen LogP contribution >= 0.6 is 11.6 Å². The fourth-order valence-corrected chi connectivity index (χ4v) is 3.70. The zero-order valence-corrected chi connectivity index (χ0v) is 14.8. The van der Waals surface area contributed by atoms with Crippen molar-refractivity contribution in [3.05, 3.63) is 106 Å². The molecule has 0 aromatic heterocycles. The number of rotatable bonds is 2. The van der Waals surface area contributed by atoms with Gasteiger partial charge in [-0.2, -0.15) is 0 Å². The second kappa shape index (κ2) is 6.93. The summed E-state index contributed by atoms with van der Waals surface area (Å²) in [6.45, 7) is 0.583. The van der Waals surface area contributed by atoms with Crippen molar-refractivity contribution in [3.8, 4) is 0 Å². The Hall–Kier alpha value is -2.65. The van der Waals surface area contributed by atoms with Gasteiger partial charge in [0.05, 0.1) is 6.04 Å². The summed E-state index contributed by atoms with van der Waals surface area (Å²) >= 11 is 6.04. The van der Waals surface area contributed by atoms with E-state index in [9.17, 15) is 9.18 Å². The molecule has 3 aromatic rings. The Labute approximate surface area is 156 Å². The molecule has 1 heterocycles. The van der Waals surface area contributed by atoms with Gasteiger partial charge in [0.2, 0.25) is 0 Å². The lowest BCUT2D eigenvalue weighted by Gasteiger charge is -2.38. The highest BCUT2D eigenvalue weighted by Crippen LogP contribution is 2.36. The molecule has 0 aliphatic carbocycles. The fourth-order valence-electron chi connectivity index (χ4n) is 3.58. The highest BCUT2D eigenvalue weighted by molar-refractivity contribution is 6.30. The highest BCUT2D eigenvalue weighted by atomic mass is 35.5. The minimum atomic E-state index is -0.406. The van der Waals surface area contributed by atoms with Crippen LogP contribution < -0.4 is 0 Å². The molecular formula is C22H17ClFNO. The average molecular weight is 366 g/mol. The first-order valence-corrected chi connectivity index (χ1v) is 8.91. The molecular weight excluding hydrogens is 349 g/mol. The first-order valence-electron chi connectivity index (χ1n) is 8.53. The van der Waals surface area contributed by atoms with E-state index in [-0.39, 0.29) is 11.9 Å². The summed E-state index contributed by atoms with van der Waals surface area (Å²) in [7, 11) is 0. The quantitative estimate of drug-likeness (QED) is 0.606. The van der Waals surface area contributed by atoms with Crippen LogP contribution in [0.2, 0.25) is 5.02 Å². The van der Waals surface area contributed by atoms with Crippen LogP contribution in [0.1, 0.15) is 33.1 Å². The maximum Gasteiger partial charge on any atom is 0.254 e. The lowest BCUT2D eigenvalue weighted by Crippen LogP contribution is -2.40. The smallest absolute Gasteiger partial charge is 0.254 e. The third kappa shape index (κ3) is 3.11. The van der Waals surface area contributed by atoms with E-state index in [1.165, 1.54) is 17.7 Å². The Morgan fingerprint density at radius 2 is 1.77 bits per heavy atom. The van der Waals surface area contributed by atoms with Crippen LogP contribution in [0.4, 0.5) is 4.39 Å². The zero-order chi connectivity index (χ0) is 18.1. The molecule has 0 fully saturated rings. The summed E-state index contributed by atoms with van der Waals surface area (Å²) in [5.41, 5.74) is 3.69. The lowest BCUT2D eigenvalue weighted by molar-refractivity contribution is 0.0694. The van der Waals surface area contributed by atoms with Gasteiger partial charge in [-0.05, 0) is 53.4 Å². The van der Waals surface area contributed by atoms with E-state index in [1.54, 1.807) is 12.1 Å². The number of carbonyl (C=O) groups is 1. The summed E-state index contributed by atoms with van der Waals surface area (Å²) in [5, 5.41) is 0.654. The summed E-state index contributed by atoms with van der Waals surface area (Å²) in [4.78, 5) is 15.0. The van der Waals surface area contributed by atoms with E-state index in [0.717, 1.165) is 17.5 Å². The molecule has 1 aliphatic heterocycles. The van der Waals surface area contributed by atoms with Crippen molar-refractivity contribution in [2.45, 2.75) is 12.5 Å². The van der Waals surface area contributed by atoms with Crippen LogP contribution in [0, 0.1) is 5.82 Å². The van der Waals surface area contributed by atoms with Crippen molar-refractivity contribution in [3.63, 3.8) is 0 Å². The maximum atomic E-state index is 13.6. The third-order valence-electron chi connectivity index (χ3n) is 4.80. The number of halogens is 2. The molecule has 4 rings (SSSR count). The molecule has 0 radical (unpaired) electrons. The molecule has 3 aromatic carbocycles. The molecule has 1 aliphatic rings. The summed E-state index contributed by atoms with van der Waals surface area (Å²) < 4.78 is 13.6. The van der Waals surface area contributed by atoms with E-state index in [1.807, 2.05) is 41.3 Å². The SMILES string of the molecule is O=C(c1cccc(F)c1)N1CCc2ccccc2C1c1ccc(Cl)cc1. The molecule has 2 nitrogen and oxygen atoms in total. The second-order valence-electron chi connectivity index (χ2n) is 6.41. The van der Waals surface area contributed by atoms with Gasteiger partial charge in [0.25, 0.3) is 5.91 Å². The molecule has 0 spiro atoms. The van der Waals surface area contributed by atoms with Crippen LogP contribution in [0.3, 0.4) is 0 Å². The Morgan fingerprint density at radius 1 is 1.00 bits per heavy atom. The van der Waals surface area contributed by atoms with Crippen LogP contribution in [0.25, 0.3) is 0 Å². The van der Waals surface area contributed by atoms with Crippen LogP contribution in [-0.4, -0.2) is 17.4 Å². The molecule has 4 heteroatoms. The fraction of sp³-hybridized carbons (Fsp3) is 0.136. The largest absolute Gasteiger partial charge is 0.327 e. The number of amides is 1. The third-order valence-corrected chi connectivity index (χ3v) is 5.05. The van der Waals surface area contributed by atoms with E-state index >= 15 is 0 Å². The molecule has 0 N–H and O–H groups in total. The van der Waals surface area contributed by atoms with Gasteiger partial charge in [0.1, 0.15) is 5.82 Å². The molecule has 1 atom stereocenters. The predicted octanol–water partition coefficient (Wildman–Crippen LogP) is 5.27. The van der Waals surface area contributed by atoms with Crippen LogP contribution in [0.5, 0.6) is 0 Å². The van der Waals surface area contributed by atoms with Crippen molar-refractivity contribution in [1.29, 1.82) is 0 Å². The number of hydrogen-bond acceptors (Lipinski definition) is 1. The van der Waals surface area contributed by atoms with Crippen molar-refractivity contribution in [1.82, 2.24) is 4.90 Å². The van der Waals surface area contributed by atoms with Gasteiger partial charge in [-0.1, -0.05) is 54.1 Å². The molecule has 0 saturated carbocycles.